The third-order valence-electron chi connectivity index (χ3n) is 7.47. The van der Waals surface area contributed by atoms with Gasteiger partial charge in [-0.2, -0.15) is 9.61 Å². The van der Waals surface area contributed by atoms with Crippen molar-refractivity contribution in [2.24, 2.45) is 11.7 Å². The first-order valence-electron chi connectivity index (χ1n) is 14.5. The fourth-order valence-corrected chi connectivity index (χ4v) is 5.81. The predicted octanol–water partition coefficient (Wildman–Crippen LogP) is 3.16. The van der Waals surface area contributed by atoms with E-state index in [1.807, 2.05) is 13.0 Å². The zero-order valence-electron chi connectivity index (χ0n) is 25.4. The molecule has 4 heterocycles. The number of ether oxygens (including phenoxy) is 1. The summed E-state index contributed by atoms with van der Waals surface area (Å²) < 4.78 is 60.8. The molecule has 240 valence electrons. The summed E-state index contributed by atoms with van der Waals surface area (Å²) in [6.45, 7) is 6.59. The lowest BCUT2D eigenvalue weighted by Gasteiger charge is -2.42. The van der Waals surface area contributed by atoms with E-state index in [2.05, 4.69) is 30.6 Å². The van der Waals surface area contributed by atoms with Crippen LogP contribution in [0.25, 0.3) is 16.8 Å². The van der Waals surface area contributed by atoms with E-state index in [1.54, 1.807) is 38.5 Å². The maximum absolute atomic E-state index is 15.5. The number of carbonyl (C=O) groups excluding carboxylic acids is 1. The van der Waals surface area contributed by atoms with Crippen LogP contribution >= 0.6 is 0 Å². The number of hydrogen-bond donors (Lipinski definition) is 3. The van der Waals surface area contributed by atoms with E-state index in [0.29, 0.717) is 24.3 Å². The second-order valence-electron chi connectivity index (χ2n) is 11.6. The minimum absolute atomic E-state index is 0.00557. The smallest absolute Gasteiger partial charge is 0.254 e. The van der Waals surface area contributed by atoms with Crippen LogP contribution in [0, 0.1) is 17.6 Å². The Morgan fingerprint density at radius 1 is 1.16 bits per heavy atom. The van der Waals surface area contributed by atoms with Gasteiger partial charge in [0.05, 0.1) is 64.6 Å². The standard InChI is InChI=1S/C30H36F2N8O4S/c1-17(2)36-29(41)20-6-7-21(31)26(27(20)32)23-8-5-19-13-35-30(40(19)38-23)37-24-14-34-10-9-25(24)39-15-18(3)28(22(33)16-39)44-11-12-45(4,42)43/h5-10,13-14,17-18,22,28H,11-12,15-16,33H2,1-4H3,(H,35,37)(H,36,41). The van der Waals surface area contributed by atoms with E-state index in [0.717, 1.165) is 17.8 Å². The minimum Gasteiger partial charge on any atom is -0.375 e. The number of rotatable bonds is 10. The molecule has 1 aromatic carbocycles. The van der Waals surface area contributed by atoms with Gasteiger partial charge in [-0.25, -0.2) is 22.2 Å². The largest absolute Gasteiger partial charge is 0.375 e. The molecule has 12 nitrogen and oxygen atoms in total. The molecule has 4 aromatic rings. The second-order valence-corrected chi connectivity index (χ2v) is 13.8. The van der Waals surface area contributed by atoms with Gasteiger partial charge in [0, 0.05) is 43.5 Å². The lowest BCUT2D eigenvalue weighted by Crippen LogP contribution is -2.57. The number of amides is 1. The maximum atomic E-state index is 15.5. The van der Waals surface area contributed by atoms with Gasteiger partial charge < -0.3 is 26.0 Å². The predicted molar refractivity (Wildman–Crippen MR) is 167 cm³/mol. The number of halogens is 2. The normalized spacial score (nSPS) is 18.8. The first-order chi connectivity index (χ1) is 21.3. The third kappa shape index (κ3) is 7.21. The number of aromatic nitrogens is 4. The summed E-state index contributed by atoms with van der Waals surface area (Å²) in [5.41, 5.74) is 7.69. The summed E-state index contributed by atoms with van der Waals surface area (Å²) in [4.78, 5) is 23.3. The molecule has 1 aliphatic heterocycles. The van der Waals surface area contributed by atoms with Crippen molar-refractivity contribution in [2.45, 2.75) is 39.0 Å². The molecular weight excluding hydrogens is 606 g/mol. The van der Waals surface area contributed by atoms with E-state index < -0.39 is 32.9 Å². The van der Waals surface area contributed by atoms with Crippen molar-refractivity contribution < 1.29 is 26.7 Å². The Morgan fingerprint density at radius 3 is 2.64 bits per heavy atom. The lowest BCUT2D eigenvalue weighted by molar-refractivity contribution is 0.00183. The number of carbonyl (C=O) groups is 1. The summed E-state index contributed by atoms with van der Waals surface area (Å²) in [5.74, 6) is -2.34. The van der Waals surface area contributed by atoms with Crippen LogP contribution in [0.15, 0.2) is 48.9 Å². The molecule has 0 aliphatic carbocycles. The van der Waals surface area contributed by atoms with Gasteiger partial charge in [0.15, 0.2) is 0 Å². The molecule has 0 saturated carbocycles. The fraction of sp³-hybridized carbons (Fsp3) is 0.400. The van der Waals surface area contributed by atoms with E-state index in [-0.39, 0.29) is 53.7 Å². The molecule has 1 fully saturated rings. The van der Waals surface area contributed by atoms with Gasteiger partial charge in [-0.05, 0) is 44.2 Å². The molecular formula is C30H36F2N8O4S. The van der Waals surface area contributed by atoms with Crippen LogP contribution in [-0.4, -0.2) is 83.8 Å². The summed E-state index contributed by atoms with van der Waals surface area (Å²) >= 11 is 0. The van der Waals surface area contributed by atoms with Crippen molar-refractivity contribution in [3.05, 3.63) is 66.1 Å². The van der Waals surface area contributed by atoms with Gasteiger partial charge in [-0.1, -0.05) is 6.92 Å². The molecule has 4 N–H and O–H groups in total. The fourth-order valence-electron chi connectivity index (χ4n) is 5.41. The molecule has 0 spiro atoms. The minimum atomic E-state index is -3.15. The van der Waals surface area contributed by atoms with E-state index in [4.69, 9.17) is 10.5 Å². The van der Waals surface area contributed by atoms with Crippen LogP contribution < -0.4 is 21.3 Å². The molecule has 1 aliphatic rings. The van der Waals surface area contributed by atoms with Crippen molar-refractivity contribution in [1.82, 2.24) is 24.9 Å². The number of nitrogens with two attached hydrogens (primary N) is 1. The van der Waals surface area contributed by atoms with E-state index in [9.17, 15) is 17.6 Å². The third-order valence-corrected chi connectivity index (χ3v) is 8.38. The Kier molecular flexibility index (Phi) is 9.32. The molecule has 3 atom stereocenters. The number of anilines is 3. The number of benzene rings is 1. The zero-order chi connectivity index (χ0) is 32.5. The highest BCUT2D eigenvalue weighted by molar-refractivity contribution is 7.90. The van der Waals surface area contributed by atoms with Gasteiger partial charge in [-0.3, -0.25) is 9.78 Å². The Labute approximate surface area is 259 Å². The number of fused-ring (bicyclic) bond motifs is 1. The van der Waals surface area contributed by atoms with Gasteiger partial charge in [-0.15, -0.1) is 0 Å². The average Bonchev–Trinajstić information content (AvgIpc) is 3.35. The summed E-state index contributed by atoms with van der Waals surface area (Å²) in [6, 6.07) is 6.46. The van der Waals surface area contributed by atoms with Crippen LogP contribution in [0.2, 0.25) is 0 Å². The van der Waals surface area contributed by atoms with Crippen molar-refractivity contribution in [3.8, 4) is 11.3 Å². The molecule has 1 saturated heterocycles. The number of sulfone groups is 1. The summed E-state index contributed by atoms with van der Waals surface area (Å²) in [6.07, 6.45) is 5.70. The summed E-state index contributed by atoms with van der Waals surface area (Å²) in [7, 11) is -3.15. The second kappa shape index (κ2) is 13.0. The lowest BCUT2D eigenvalue weighted by atomic mass is 9.92. The number of imidazole rings is 1. The Bertz CT molecular complexity index is 1800. The Hall–Kier alpha value is -4.21. The van der Waals surface area contributed by atoms with Gasteiger partial charge >= 0.3 is 0 Å². The molecule has 0 bridgehead atoms. The van der Waals surface area contributed by atoms with Crippen LogP contribution in [0.3, 0.4) is 0 Å². The quantitative estimate of drug-likeness (QED) is 0.235. The van der Waals surface area contributed by atoms with Crippen LogP contribution in [0.4, 0.5) is 26.1 Å². The molecule has 45 heavy (non-hydrogen) atoms. The van der Waals surface area contributed by atoms with E-state index in [1.165, 1.54) is 16.8 Å². The van der Waals surface area contributed by atoms with Gasteiger partial charge in [0.2, 0.25) is 5.95 Å². The SMILES string of the molecule is CC(C)NC(=O)c1ccc(F)c(-c2ccc3cnc(Nc4cnccc4N4CC(C)C(OCCS(C)(=O)=O)C(N)C4)n3n2)c1F. The van der Waals surface area contributed by atoms with E-state index >= 15 is 4.39 Å². The number of nitrogens with zero attached hydrogens (tertiary/aromatic N) is 5. The highest BCUT2D eigenvalue weighted by Crippen LogP contribution is 2.33. The zero-order valence-corrected chi connectivity index (χ0v) is 26.2. The van der Waals surface area contributed by atoms with Crippen LogP contribution in [0.1, 0.15) is 31.1 Å². The Balaban J connectivity index is 1.41. The maximum Gasteiger partial charge on any atom is 0.254 e. The van der Waals surface area contributed by atoms with Crippen LogP contribution in [0.5, 0.6) is 0 Å². The first-order valence-corrected chi connectivity index (χ1v) is 16.5. The number of nitrogens with one attached hydrogen (secondary N) is 2. The highest BCUT2D eigenvalue weighted by Gasteiger charge is 2.34. The molecule has 1 amide bonds. The molecule has 3 aromatic heterocycles. The van der Waals surface area contributed by atoms with Crippen molar-refractivity contribution in [1.29, 1.82) is 0 Å². The molecule has 5 rings (SSSR count). The molecule has 3 unspecified atom stereocenters. The van der Waals surface area contributed by atoms with Gasteiger partial charge in [0.25, 0.3) is 5.91 Å². The molecule has 0 radical (unpaired) electrons. The monoisotopic (exact) mass is 642 g/mol. The number of hydrogen-bond acceptors (Lipinski definition) is 10. The first kappa shape index (κ1) is 32.2. The van der Waals surface area contributed by atoms with Crippen molar-refractivity contribution in [3.63, 3.8) is 0 Å². The highest BCUT2D eigenvalue weighted by atomic mass is 32.2. The Morgan fingerprint density at radius 2 is 1.93 bits per heavy atom. The van der Waals surface area contributed by atoms with Crippen LogP contribution in [-0.2, 0) is 14.6 Å². The van der Waals surface area contributed by atoms with Crippen molar-refractivity contribution >= 4 is 38.6 Å². The molecule has 15 heteroatoms. The van der Waals surface area contributed by atoms with Crippen molar-refractivity contribution in [2.75, 3.05) is 41.9 Å². The average molecular weight is 643 g/mol. The topological polar surface area (TPSA) is 157 Å². The number of piperidine rings is 1. The number of pyridine rings is 1. The van der Waals surface area contributed by atoms with Gasteiger partial charge in [0.1, 0.15) is 21.5 Å². The summed E-state index contributed by atoms with van der Waals surface area (Å²) in [5, 5.41) is 10.3.